The Hall–Kier alpha value is -2.82. The molecule has 2 aromatic rings. The lowest BCUT2D eigenvalue weighted by molar-refractivity contribution is -0.122. The van der Waals surface area contributed by atoms with E-state index in [1.807, 2.05) is 0 Å². The zero-order valence-electron chi connectivity index (χ0n) is 16.3. The van der Waals surface area contributed by atoms with E-state index < -0.39 is 33.7 Å². The molecule has 1 fully saturated rings. The zero-order valence-corrected chi connectivity index (χ0v) is 17.1. The Labute approximate surface area is 174 Å². The van der Waals surface area contributed by atoms with Gasteiger partial charge in [-0.05, 0) is 42.0 Å². The standard InChI is InChI=1S/C20H22FN3O5S/c1-23(18(19(22)25)15-3-2-4-16(21)13-15)20(26)14-5-7-17(8-6-14)30(27,28)24-9-11-29-12-10-24/h2-8,13,18H,9-12H2,1H3,(H2,22,25). The van der Waals surface area contributed by atoms with E-state index in [1.165, 1.54) is 53.8 Å². The lowest BCUT2D eigenvalue weighted by Gasteiger charge is -2.27. The Morgan fingerprint density at radius 1 is 1.13 bits per heavy atom. The number of rotatable bonds is 6. The maximum absolute atomic E-state index is 13.6. The molecule has 2 aromatic carbocycles. The predicted octanol–water partition coefficient (Wildman–Crippen LogP) is 1.15. The molecule has 1 aliphatic heterocycles. The number of hydrogen-bond donors (Lipinski definition) is 1. The van der Waals surface area contributed by atoms with Crippen LogP contribution in [0.25, 0.3) is 0 Å². The maximum Gasteiger partial charge on any atom is 0.254 e. The Bertz CT molecular complexity index is 1040. The highest BCUT2D eigenvalue weighted by molar-refractivity contribution is 7.89. The maximum atomic E-state index is 13.6. The van der Waals surface area contributed by atoms with Crippen LogP contribution < -0.4 is 5.73 Å². The molecule has 1 saturated heterocycles. The summed E-state index contributed by atoms with van der Waals surface area (Å²) in [5.41, 5.74) is 5.86. The van der Waals surface area contributed by atoms with Crippen LogP contribution in [0.2, 0.25) is 0 Å². The van der Waals surface area contributed by atoms with Gasteiger partial charge < -0.3 is 15.4 Å². The van der Waals surface area contributed by atoms with Crippen molar-refractivity contribution in [3.63, 3.8) is 0 Å². The third kappa shape index (κ3) is 4.50. The number of sulfonamides is 1. The second kappa shape index (κ2) is 8.90. The number of hydrogen-bond acceptors (Lipinski definition) is 5. The van der Waals surface area contributed by atoms with Gasteiger partial charge in [-0.2, -0.15) is 4.31 Å². The molecule has 1 aliphatic rings. The first-order valence-corrected chi connectivity index (χ1v) is 10.7. The number of halogens is 1. The smallest absolute Gasteiger partial charge is 0.254 e. The molecule has 1 unspecified atom stereocenters. The van der Waals surface area contributed by atoms with Gasteiger partial charge in [0.05, 0.1) is 18.1 Å². The summed E-state index contributed by atoms with van der Waals surface area (Å²) in [5.74, 6) is -1.93. The monoisotopic (exact) mass is 435 g/mol. The number of likely N-dealkylation sites (N-methyl/N-ethyl adjacent to an activating group) is 1. The van der Waals surface area contributed by atoms with Crippen molar-refractivity contribution in [2.24, 2.45) is 5.73 Å². The lowest BCUT2D eigenvalue weighted by Crippen LogP contribution is -2.40. The average molecular weight is 435 g/mol. The van der Waals surface area contributed by atoms with Crippen LogP contribution in [0.3, 0.4) is 0 Å². The molecule has 0 bridgehead atoms. The van der Waals surface area contributed by atoms with Crippen molar-refractivity contribution >= 4 is 21.8 Å². The van der Waals surface area contributed by atoms with Crippen LogP contribution in [0.1, 0.15) is 22.0 Å². The van der Waals surface area contributed by atoms with Crippen molar-refractivity contribution in [3.05, 3.63) is 65.5 Å². The highest BCUT2D eigenvalue weighted by Crippen LogP contribution is 2.23. The fourth-order valence-corrected chi connectivity index (χ4v) is 4.69. The van der Waals surface area contributed by atoms with E-state index in [9.17, 15) is 22.4 Å². The Balaban J connectivity index is 1.83. The molecule has 2 amide bonds. The van der Waals surface area contributed by atoms with Gasteiger partial charge in [-0.3, -0.25) is 9.59 Å². The Morgan fingerprint density at radius 3 is 2.33 bits per heavy atom. The Morgan fingerprint density at radius 2 is 1.77 bits per heavy atom. The van der Waals surface area contributed by atoms with E-state index in [2.05, 4.69) is 0 Å². The van der Waals surface area contributed by atoms with Crippen molar-refractivity contribution in [2.75, 3.05) is 33.4 Å². The van der Waals surface area contributed by atoms with Gasteiger partial charge in [0.15, 0.2) is 0 Å². The summed E-state index contributed by atoms with van der Waals surface area (Å²) in [7, 11) is -2.31. The number of ether oxygens (including phenoxy) is 1. The van der Waals surface area contributed by atoms with Gasteiger partial charge in [0.2, 0.25) is 15.9 Å². The lowest BCUT2D eigenvalue weighted by atomic mass is 10.0. The average Bonchev–Trinajstić information content (AvgIpc) is 2.74. The summed E-state index contributed by atoms with van der Waals surface area (Å²) in [6.07, 6.45) is 0. The normalized spacial score (nSPS) is 16.1. The molecule has 1 heterocycles. The largest absolute Gasteiger partial charge is 0.379 e. The number of carbonyl (C=O) groups is 2. The number of carbonyl (C=O) groups excluding carboxylic acids is 2. The molecular weight excluding hydrogens is 413 g/mol. The fourth-order valence-electron chi connectivity index (χ4n) is 3.28. The third-order valence-electron chi connectivity index (χ3n) is 4.85. The van der Waals surface area contributed by atoms with Gasteiger partial charge >= 0.3 is 0 Å². The van der Waals surface area contributed by atoms with E-state index in [0.717, 1.165) is 11.0 Å². The molecule has 1 atom stereocenters. The highest BCUT2D eigenvalue weighted by atomic mass is 32.2. The number of benzene rings is 2. The van der Waals surface area contributed by atoms with Crippen LogP contribution in [0.4, 0.5) is 4.39 Å². The summed E-state index contributed by atoms with van der Waals surface area (Å²) in [6.45, 7) is 1.18. The highest BCUT2D eigenvalue weighted by Gasteiger charge is 2.29. The summed E-state index contributed by atoms with van der Waals surface area (Å²) in [4.78, 5) is 26.0. The first-order valence-electron chi connectivity index (χ1n) is 9.21. The molecular formula is C20H22FN3O5S. The molecule has 0 saturated carbocycles. The summed E-state index contributed by atoms with van der Waals surface area (Å²) < 4.78 is 45.5. The molecule has 3 rings (SSSR count). The fraction of sp³-hybridized carbons (Fsp3) is 0.300. The topological polar surface area (TPSA) is 110 Å². The molecule has 8 nitrogen and oxygen atoms in total. The minimum atomic E-state index is -3.69. The minimum Gasteiger partial charge on any atom is -0.379 e. The number of nitrogens with zero attached hydrogens (tertiary/aromatic N) is 2. The third-order valence-corrected chi connectivity index (χ3v) is 6.76. The molecule has 0 radical (unpaired) electrons. The number of primary amides is 1. The van der Waals surface area contributed by atoms with Crippen molar-refractivity contribution in [2.45, 2.75) is 10.9 Å². The van der Waals surface area contributed by atoms with Gasteiger partial charge in [-0.15, -0.1) is 0 Å². The molecule has 2 N–H and O–H groups in total. The quantitative estimate of drug-likeness (QED) is 0.732. The Kier molecular flexibility index (Phi) is 6.49. The number of morpholine rings is 1. The van der Waals surface area contributed by atoms with Crippen molar-refractivity contribution in [3.8, 4) is 0 Å². The van der Waals surface area contributed by atoms with Gasteiger partial charge in [0.25, 0.3) is 5.91 Å². The van der Waals surface area contributed by atoms with Crippen LogP contribution >= 0.6 is 0 Å². The zero-order chi connectivity index (χ0) is 21.9. The van der Waals surface area contributed by atoms with Gasteiger partial charge in [0, 0.05) is 25.7 Å². The van der Waals surface area contributed by atoms with Crippen LogP contribution in [0.5, 0.6) is 0 Å². The summed E-state index contributed by atoms with van der Waals surface area (Å²) in [5, 5.41) is 0. The van der Waals surface area contributed by atoms with Crippen LogP contribution in [-0.2, 0) is 19.6 Å². The molecule has 0 aromatic heterocycles. The van der Waals surface area contributed by atoms with Gasteiger partial charge in [-0.25, -0.2) is 12.8 Å². The van der Waals surface area contributed by atoms with E-state index in [0.29, 0.717) is 13.2 Å². The molecule has 0 spiro atoms. The van der Waals surface area contributed by atoms with Crippen LogP contribution in [-0.4, -0.2) is 62.8 Å². The SMILES string of the molecule is CN(C(=O)c1ccc(S(=O)(=O)N2CCOCC2)cc1)C(C(N)=O)c1cccc(F)c1. The second-order valence-corrected chi connectivity index (χ2v) is 8.75. The second-order valence-electron chi connectivity index (χ2n) is 6.82. The van der Waals surface area contributed by atoms with E-state index in [4.69, 9.17) is 10.5 Å². The number of amides is 2. The van der Waals surface area contributed by atoms with Gasteiger partial charge in [-0.1, -0.05) is 12.1 Å². The molecule has 30 heavy (non-hydrogen) atoms. The van der Waals surface area contributed by atoms with Crippen molar-refractivity contribution in [1.29, 1.82) is 0 Å². The summed E-state index contributed by atoms with van der Waals surface area (Å²) >= 11 is 0. The first-order chi connectivity index (χ1) is 14.2. The minimum absolute atomic E-state index is 0.0557. The van der Waals surface area contributed by atoms with E-state index >= 15 is 0 Å². The first kappa shape index (κ1) is 21.9. The van der Waals surface area contributed by atoms with E-state index in [-0.39, 0.29) is 29.1 Å². The number of nitrogens with two attached hydrogens (primary N) is 1. The molecule has 160 valence electrons. The van der Waals surface area contributed by atoms with Crippen molar-refractivity contribution < 1.29 is 27.1 Å². The predicted molar refractivity (Wildman–Crippen MR) is 106 cm³/mol. The van der Waals surface area contributed by atoms with Gasteiger partial charge in [0.1, 0.15) is 11.9 Å². The molecule has 10 heteroatoms. The van der Waals surface area contributed by atoms with Crippen LogP contribution in [0, 0.1) is 5.82 Å². The molecule has 0 aliphatic carbocycles. The summed E-state index contributed by atoms with van der Waals surface area (Å²) in [6, 6.07) is 9.52. The van der Waals surface area contributed by atoms with E-state index in [1.54, 1.807) is 0 Å². The van der Waals surface area contributed by atoms with Crippen LogP contribution in [0.15, 0.2) is 53.4 Å². The van der Waals surface area contributed by atoms with Crippen molar-refractivity contribution in [1.82, 2.24) is 9.21 Å².